The number of para-hydroxylation sites is 2. The number of methoxy groups -OCH3 is 1. The minimum atomic E-state index is 0.636. The maximum atomic E-state index is 5.71. The molecular formula is C19H23NO3. The highest BCUT2D eigenvalue weighted by Crippen LogP contribution is 2.32. The van der Waals surface area contributed by atoms with Crippen LogP contribution in [0.1, 0.15) is 12.5 Å². The van der Waals surface area contributed by atoms with Gasteiger partial charge in [-0.3, -0.25) is 0 Å². The predicted octanol–water partition coefficient (Wildman–Crippen LogP) is 3.54. The van der Waals surface area contributed by atoms with E-state index in [9.17, 15) is 0 Å². The quantitative estimate of drug-likeness (QED) is 0.816. The molecule has 0 atom stereocenters. The van der Waals surface area contributed by atoms with Crippen LogP contribution in [0.15, 0.2) is 42.5 Å². The van der Waals surface area contributed by atoms with Crippen molar-refractivity contribution < 1.29 is 14.2 Å². The second kappa shape index (κ2) is 7.27. The fraction of sp³-hybridized carbons (Fsp3) is 0.368. The van der Waals surface area contributed by atoms with Crippen molar-refractivity contribution in [3.63, 3.8) is 0 Å². The lowest BCUT2D eigenvalue weighted by Crippen LogP contribution is -2.34. The molecule has 0 unspecified atom stereocenters. The number of anilines is 1. The third-order valence-electron chi connectivity index (χ3n) is 4.02. The van der Waals surface area contributed by atoms with E-state index in [0.29, 0.717) is 6.61 Å². The molecule has 1 aliphatic heterocycles. The summed E-state index contributed by atoms with van der Waals surface area (Å²) in [6.45, 7) is 5.24. The van der Waals surface area contributed by atoms with Gasteiger partial charge in [0.1, 0.15) is 12.4 Å². The van der Waals surface area contributed by atoms with Gasteiger partial charge in [0.25, 0.3) is 0 Å². The molecule has 0 aromatic heterocycles. The molecule has 0 amide bonds. The molecule has 0 aliphatic carbocycles. The van der Waals surface area contributed by atoms with Gasteiger partial charge in [-0.05, 0) is 43.2 Å². The number of hydrogen-bond acceptors (Lipinski definition) is 4. The van der Waals surface area contributed by atoms with E-state index in [0.717, 1.165) is 43.4 Å². The third-order valence-corrected chi connectivity index (χ3v) is 4.02. The Kier molecular flexibility index (Phi) is 4.91. The molecule has 122 valence electrons. The molecule has 0 radical (unpaired) electrons. The van der Waals surface area contributed by atoms with E-state index in [1.807, 2.05) is 25.1 Å². The molecule has 4 heteroatoms. The number of fused-ring (bicyclic) bond motifs is 1. The Bertz CT molecular complexity index is 657. The van der Waals surface area contributed by atoms with Crippen molar-refractivity contribution in [3.05, 3.63) is 48.0 Å². The van der Waals surface area contributed by atoms with E-state index >= 15 is 0 Å². The second-order valence-electron chi connectivity index (χ2n) is 5.47. The zero-order valence-electron chi connectivity index (χ0n) is 13.7. The van der Waals surface area contributed by atoms with Gasteiger partial charge in [0, 0.05) is 6.54 Å². The molecule has 0 bridgehead atoms. The van der Waals surface area contributed by atoms with Crippen LogP contribution in [-0.2, 0) is 6.42 Å². The fourth-order valence-corrected chi connectivity index (χ4v) is 2.87. The molecular weight excluding hydrogens is 290 g/mol. The molecule has 0 saturated heterocycles. The molecule has 2 aromatic carbocycles. The number of benzene rings is 2. The molecule has 4 nitrogen and oxygen atoms in total. The van der Waals surface area contributed by atoms with Gasteiger partial charge in [0.2, 0.25) is 0 Å². The Morgan fingerprint density at radius 3 is 2.83 bits per heavy atom. The number of hydrogen-bond donors (Lipinski definition) is 0. The molecule has 23 heavy (non-hydrogen) atoms. The van der Waals surface area contributed by atoms with Crippen molar-refractivity contribution >= 4 is 5.69 Å². The molecule has 1 heterocycles. The zero-order chi connectivity index (χ0) is 16.1. The average molecular weight is 313 g/mol. The maximum absolute atomic E-state index is 5.71. The average Bonchev–Trinajstić information content (AvgIpc) is 2.60. The molecule has 2 aromatic rings. The Balaban J connectivity index is 1.70. The SMILES string of the molecule is CCOc1cc(CCN2CCOc3ccccc32)ccc1OC. The number of rotatable bonds is 6. The largest absolute Gasteiger partial charge is 0.493 e. The van der Waals surface area contributed by atoms with Crippen molar-refractivity contribution in [2.45, 2.75) is 13.3 Å². The van der Waals surface area contributed by atoms with Crippen LogP contribution in [-0.4, -0.2) is 33.4 Å². The summed E-state index contributed by atoms with van der Waals surface area (Å²) in [5.41, 5.74) is 2.43. The highest BCUT2D eigenvalue weighted by Gasteiger charge is 2.17. The molecule has 0 fully saturated rings. The molecule has 1 aliphatic rings. The maximum Gasteiger partial charge on any atom is 0.161 e. The van der Waals surface area contributed by atoms with Gasteiger partial charge >= 0.3 is 0 Å². The van der Waals surface area contributed by atoms with Gasteiger partial charge in [-0.15, -0.1) is 0 Å². The van der Waals surface area contributed by atoms with Crippen LogP contribution in [0.2, 0.25) is 0 Å². The molecule has 0 saturated carbocycles. The van der Waals surface area contributed by atoms with Crippen molar-refractivity contribution in [1.82, 2.24) is 0 Å². The van der Waals surface area contributed by atoms with Crippen LogP contribution < -0.4 is 19.1 Å². The summed E-state index contributed by atoms with van der Waals surface area (Å²) in [4.78, 5) is 2.38. The Morgan fingerprint density at radius 2 is 2.00 bits per heavy atom. The Labute approximate surface area is 137 Å². The van der Waals surface area contributed by atoms with Crippen molar-refractivity contribution in [2.75, 3.05) is 38.3 Å². The number of ether oxygens (including phenoxy) is 3. The van der Waals surface area contributed by atoms with E-state index in [4.69, 9.17) is 14.2 Å². The van der Waals surface area contributed by atoms with Gasteiger partial charge in [-0.25, -0.2) is 0 Å². The predicted molar refractivity (Wildman–Crippen MR) is 92.0 cm³/mol. The summed E-state index contributed by atoms with van der Waals surface area (Å²) in [6.07, 6.45) is 0.957. The van der Waals surface area contributed by atoms with E-state index in [1.54, 1.807) is 7.11 Å². The lowest BCUT2D eigenvalue weighted by Gasteiger charge is -2.31. The standard InChI is InChI=1S/C19H23NO3/c1-3-22-19-14-15(8-9-18(19)21-2)10-11-20-12-13-23-17-7-5-4-6-16(17)20/h4-9,14H,3,10-13H2,1-2H3. The van der Waals surface area contributed by atoms with Gasteiger partial charge in [0.05, 0.1) is 25.9 Å². The Morgan fingerprint density at radius 1 is 1.13 bits per heavy atom. The summed E-state index contributed by atoms with van der Waals surface area (Å²) in [5, 5.41) is 0. The van der Waals surface area contributed by atoms with Crippen LogP contribution in [0.5, 0.6) is 17.2 Å². The van der Waals surface area contributed by atoms with Crippen LogP contribution in [0, 0.1) is 0 Å². The summed E-state index contributed by atoms with van der Waals surface area (Å²) in [5.74, 6) is 2.57. The first-order valence-electron chi connectivity index (χ1n) is 8.08. The van der Waals surface area contributed by atoms with Crippen molar-refractivity contribution in [1.29, 1.82) is 0 Å². The van der Waals surface area contributed by atoms with Crippen LogP contribution >= 0.6 is 0 Å². The Hall–Kier alpha value is -2.36. The van der Waals surface area contributed by atoms with E-state index in [2.05, 4.69) is 29.2 Å². The van der Waals surface area contributed by atoms with Gasteiger partial charge in [-0.1, -0.05) is 18.2 Å². The first-order chi connectivity index (χ1) is 11.3. The van der Waals surface area contributed by atoms with Gasteiger partial charge in [-0.2, -0.15) is 0 Å². The van der Waals surface area contributed by atoms with Crippen LogP contribution in [0.3, 0.4) is 0 Å². The summed E-state index contributed by atoms with van der Waals surface area (Å²) in [6, 6.07) is 14.4. The lowest BCUT2D eigenvalue weighted by atomic mass is 10.1. The highest BCUT2D eigenvalue weighted by atomic mass is 16.5. The lowest BCUT2D eigenvalue weighted by molar-refractivity contribution is 0.307. The monoisotopic (exact) mass is 313 g/mol. The minimum absolute atomic E-state index is 0.636. The third kappa shape index (κ3) is 3.52. The first-order valence-corrected chi connectivity index (χ1v) is 8.08. The minimum Gasteiger partial charge on any atom is -0.493 e. The molecule has 0 N–H and O–H groups in total. The highest BCUT2D eigenvalue weighted by molar-refractivity contribution is 5.59. The molecule has 3 rings (SSSR count). The van der Waals surface area contributed by atoms with E-state index in [-0.39, 0.29) is 0 Å². The first kappa shape index (κ1) is 15.5. The summed E-state index contributed by atoms with van der Waals surface area (Å²) in [7, 11) is 1.67. The van der Waals surface area contributed by atoms with Gasteiger partial charge < -0.3 is 19.1 Å². The topological polar surface area (TPSA) is 30.9 Å². The van der Waals surface area contributed by atoms with Crippen molar-refractivity contribution in [3.8, 4) is 17.2 Å². The van der Waals surface area contributed by atoms with Crippen molar-refractivity contribution in [2.24, 2.45) is 0 Å². The normalized spacial score (nSPS) is 13.2. The summed E-state index contributed by atoms with van der Waals surface area (Å²) >= 11 is 0. The van der Waals surface area contributed by atoms with E-state index in [1.165, 1.54) is 11.3 Å². The smallest absolute Gasteiger partial charge is 0.161 e. The number of nitrogens with zero attached hydrogens (tertiary/aromatic N) is 1. The van der Waals surface area contributed by atoms with Crippen LogP contribution in [0.25, 0.3) is 0 Å². The van der Waals surface area contributed by atoms with Crippen LogP contribution in [0.4, 0.5) is 5.69 Å². The van der Waals surface area contributed by atoms with E-state index < -0.39 is 0 Å². The van der Waals surface area contributed by atoms with Gasteiger partial charge in [0.15, 0.2) is 11.5 Å². The summed E-state index contributed by atoms with van der Waals surface area (Å²) < 4.78 is 16.7. The zero-order valence-corrected chi connectivity index (χ0v) is 13.7. The molecule has 0 spiro atoms. The second-order valence-corrected chi connectivity index (χ2v) is 5.47. The fourth-order valence-electron chi connectivity index (χ4n) is 2.87.